The molecule has 0 amide bonds. The quantitative estimate of drug-likeness (QED) is 0.564. The molecule has 3 N–H and O–H groups in total. The fraction of sp³-hybridized carbons (Fsp3) is 0.900. The summed E-state index contributed by atoms with van der Waals surface area (Å²) in [5.74, 6) is 0.306. The van der Waals surface area contributed by atoms with Crippen LogP contribution in [0.4, 0.5) is 0 Å². The molecule has 0 aromatic rings. The van der Waals surface area contributed by atoms with Crippen LogP contribution in [0.3, 0.4) is 0 Å². The number of rotatable bonds is 4. The molecule has 1 fully saturated rings. The highest BCUT2D eigenvalue weighted by molar-refractivity contribution is 7.89. The molecule has 94 valence electrons. The molecule has 1 unspecified atom stereocenters. The normalized spacial score (nSPS) is 23.6. The Bertz CT molecular complexity index is 351. The zero-order valence-electron chi connectivity index (χ0n) is 9.94. The van der Waals surface area contributed by atoms with Gasteiger partial charge in [-0.1, -0.05) is 13.8 Å². The number of amidine groups is 1. The molecule has 0 spiro atoms. The Labute approximate surface area is 97.6 Å². The van der Waals surface area contributed by atoms with Crippen molar-refractivity contribution in [2.24, 2.45) is 17.6 Å². The molecule has 0 aromatic carbocycles. The second kappa shape index (κ2) is 5.14. The Hall–Kier alpha value is -0.620. The van der Waals surface area contributed by atoms with Gasteiger partial charge in [-0.15, -0.1) is 0 Å². The van der Waals surface area contributed by atoms with E-state index in [-0.39, 0.29) is 23.4 Å². The van der Waals surface area contributed by atoms with Crippen molar-refractivity contribution in [3.8, 4) is 0 Å². The molecule has 1 aliphatic rings. The standard InChI is InChI=1S/C10H21N3O2S/c1-8(2)7-16(14,15)13-5-3-4-9(6-13)10(11)12/h8-9H,3-7H2,1-2H3,(H3,11,12). The molecule has 1 atom stereocenters. The van der Waals surface area contributed by atoms with Crippen LogP contribution in [0.15, 0.2) is 0 Å². The first-order chi connectivity index (χ1) is 7.33. The molecule has 16 heavy (non-hydrogen) atoms. The maximum absolute atomic E-state index is 12.0. The predicted molar refractivity (Wildman–Crippen MR) is 64.8 cm³/mol. The second-order valence-corrected chi connectivity index (χ2v) is 6.84. The molecule has 0 radical (unpaired) electrons. The van der Waals surface area contributed by atoms with Crippen LogP contribution >= 0.6 is 0 Å². The van der Waals surface area contributed by atoms with Crippen LogP contribution in [0.5, 0.6) is 0 Å². The van der Waals surface area contributed by atoms with Crippen molar-refractivity contribution in [1.82, 2.24) is 4.31 Å². The van der Waals surface area contributed by atoms with Gasteiger partial charge in [0.25, 0.3) is 0 Å². The molecule has 1 saturated heterocycles. The van der Waals surface area contributed by atoms with E-state index in [1.807, 2.05) is 13.8 Å². The van der Waals surface area contributed by atoms with E-state index >= 15 is 0 Å². The van der Waals surface area contributed by atoms with Crippen LogP contribution in [0.25, 0.3) is 0 Å². The smallest absolute Gasteiger partial charge is 0.214 e. The Morgan fingerprint density at radius 3 is 2.69 bits per heavy atom. The zero-order valence-corrected chi connectivity index (χ0v) is 10.8. The first-order valence-electron chi connectivity index (χ1n) is 5.64. The highest BCUT2D eigenvalue weighted by atomic mass is 32.2. The predicted octanol–water partition coefficient (Wildman–Crippen LogP) is 0.620. The average molecular weight is 247 g/mol. The third-order valence-electron chi connectivity index (χ3n) is 2.76. The van der Waals surface area contributed by atoms with Gasteiger partial charge in [0.2, 0.25) is 10.0 Å². The highest BCUT2D eigenvalue weighted by Gasteiger charge is 2.30. The lowest BCUT2D eigenvalue weighted by molar-refractivity contribution is 0.309. The van der Waals surface area contributed by atoms with Crippen LogP contribution in [-0.4, -0.2) is 37.4 Å². The number of sulfonamides is 1. The van der Waals surface area contributed by atoms with E-state index in [0.717, 1.165) is 12.8 Å². The molecular weight excluding hydrogens is 226 g/mol. The van der Waals surface area contributed by atoms with E-state index in [1.54, 1.807) is 0 Å². The summed E-state index contributed by atoms with van der Waals surface area (Å²) in [5.41, 5.74) is 5.44. The zero-order chi connectivity index (χ0) is 12.3. The van der Waals surface area contributed by atoms with E-state index in [4.69, 9.17) is 11.1 Å². The van der Waals surface area contributed by atoms with Gasteiger partial charge in [0.05, 0.1) is 11.6 Å². The van der Waals surface area contributed by atoms with Crippen LogP contribution in [-0.2, 0) is 10.0 Å². The van der Waals surface area contributed by atoms with Crippen LogP contribution in [0.1, 0.15) is 26.7 Å². The fourth-order valence-electron chi connectivity index (χ4n) is 1.98. The average Bonchev–Trinajstić information content (AvgIpc) is 2.16. The lowest BCUT2D eigenvalue weighted by Gasteiger charge is -2.31. The van der Waals surface area contributed by atoms with E-state index in [0.29, 0.717) is 13.1 Å². The van der Waals surface area contributed by atoms with Crippen molar-refractivity contribution in [2.75, 3.05) is 18.8 Å². The topological polar surface area (TPSA) is 87.2 Å². The Kier molecular flexibility index (Phi) is 4.32. The molecule has 0 aliphatic carbocycles. The van der Waals surface area contributed by atoms with Gasteiger partial charge in [0, 0.05) is 19.0 Å². The molecule has 0 aromatic heterocycles. The first kappa shape index (κ1) is 13.4. The van der Waals surface area contributed by atoms with Crippen molar-refractivity contribution in [3.63, 3.8) is 0 Å². The maximum atomic E-state index is 12.0. The summed E-state index contributed by atoms with van der Waals surface area (Å²) in [7, 11) is -3.17. The number of hydrogen-bond donors (Lipinski definition) is 2. The number of nitrogens with one attached hydrogen (secondary N) is 1. The van der Waals surface area contributed by atoms with Crippen molar-refractivity contribution in [1.29, 1.82) is 5.41 Å². The summed E-state index contributed by atoms with van der Waals surface area (Å²) in [5, 5.41) is 7.38. The summed E-state index contributed by atoms with van der Waals surface area (Å²) in [6, 6.07) is 0. The van der Waals surface area contributed by atoms with Gasteiger partial charge in [-0.3, -0.25) is 5.41 Å². The molecule has 6 heteroatoms. The minimum absolute atomic E-state index is 0.101. The van der Waals surface area contributed by atoms with Crippen LogP contribution < -0.4 is 5.73 Å². The summed E-state index contributed by atoms with van der Waals surface area (Å²) in [4.78, 5) is 0. The van der Waals surface area contributed by atoms with Gasteiger partial charge < -0.3 is 5.73 Å². The SMILES string of the molecule is CC(C)CS(=O)(=O)N1CCCC(C(=N)N)C1. The van der Waals surface area contributed by atoms with E-state index in [1.165, 1.54) is 4.31 Å². The number of hydrogen-bond acceptors (Lipinski definition) is 3. The van der Waals surface area contributed by atoms with E-state index in [2.05, 4.69) is 0 Å². The minimum atomic E-state index is -3.17. The monoisotopic (exact) mass is 247 g/mol. The molecular formula is C10H21N3O2S. The Morgan fingerprint density at radius 2 is 2.19 bits per heavy atom. The summed E-state index contributed by atoms with van der Waals surface area (Å²) >= 11 is 0. The maximum Gasteiger partial charge on any atom is 0.214 e. The van der Waals surface area contributed by atoms with Gasteiger partial charge in [-0.25, -0.2) is 12.7 Å². The Balaban J connectivity index is 2.70. The fourth-order valence-corrected chi connectivity index (χ4v) is 3.84. The van der Waals surface area contributed by atoms with Crippen molar-refractivity contribution >= 4 is 15.9 Å². The van der Waals surface area contributed by atoms with Gasteiger partial charge >= 0.3 is 0 Å². The first-order valence-corrected chi connectivity index (χ1v) is 7.25. The van der Waals surface area contributed by atoms with Gasteiger partial charge in [0.1, 0.15) is 0 Å². The molecule has 1 aliphatic heterocycles. The van der Waals surface area contributed by atoms with Gasteiger partial charge in [-0.05, 0) is 18.8 Å². The van der Waals surface area contributed by atoms with Crippen molar-refractivity contribution in [2.45, 2.75) is 26.7 Å². The van der Waals surface area contributed by atoms with Crippen LogP contribution in [0, 0.1) is 17.2 Å². The van der Waals surface area contributed by atoms with E-state index in [9.17, 15) is 8.42 Å². The molecule has 0 bridgehead atoms. The lowest BCUT2D eigenvalue weighted by atomic mass is 9.99. The molecule has 1 rings (SSSR count). The summed E-state index contributed by atoms with van der Waals surface area (Å²) in [6.45, 7) is 4.73. The van der Waals surface area contributed by atoms with Gasteiger partial charge in [-0.2, -0.15) is 0 Å². The van der Waals surface area contributed by atoms with Crippen molar-refractivity contribution in [3.05, 3.63) is 0 Å². The van der Waals surface area contributed by atoms with Crippen LogP contribution in [0.2, 0.25) is 0 Å². The number of nitrogens with zero attached hydrogens (tertiary/aromatic N) is 1. The summed E-state index contributed by atoms with van der Waals surface area (Å²) < 4.78 is 25.4. The third kappa shape index (κ3) is 3.45. The summed E-state index contributed by atoms with van der Waals surface area (Å²) in [6.07, 6.45) is 1.62. The molecule has 0 saturated carbocycles. The highest BCUT2D eigenvalue weighted by Crippen LogP contribution is 2.20. The second-order valence-electron chi connectivity index (χ2n) is 4.82. The largest absolute Gasteiger partial charge is 0.387 e. The minimum Gasteiger partial charge on any atom is -0.387 e. The number of nitrogens with two attached hydrogens (primary N) is 1. The Morgan fingerprint density at radius 1 is 1.56 bits per heavy atom. The van der Waals surface area contributed by atoms with E-state index < -0.39 is 10.0 Å². The third-order valence-corrected chi connectivity index (χ3v) is 4.97. The number of piperidine rings is 1. The molecule has 5 nitrogen and oxygen atoms in total. The van der Waals surface area contributed by atoms with Gasteiger partial charge in [0.15, 0.2) is 0 Å². The lowest BCUT2D eigenvalue weighted by Crippen LogP contribution is -2.45. The van der Waals surface area contributed by atoms with Crippen molar-refractivity contribution < 1.29 is 8.42 Å². The molecule has 1 heterocycles.